The number of amidine groups is 1. The van der Waals surface area contributed by atoms with Gasteiger partial charge in [-0.15, -0.1) is 0 Å². The molecule has 0 radical (unpaired) electrons. The monoisotopic (exact) mass is 560 g/mol. The molecule has 1 N–H and O–H groups in total. The van der Waals surface area contributed by atoms with Crippen molar-refractivity contribution in [3.63, 3.8) is 0 Å². The Morgan fingerprint density at radius 1 is 1.03 bits per heavy atom. The topological polar surface area (TPSA) is 79.2 Å². The molecule has 1 aliphatic heterocycles. The number of hydrogen-bond acceptors (Lipinski definition) is 5. The summed E-state index contributed by atoms with van der Waals surface area (Å²) in [5, 5.41) is 10.9. The van der Waals surface area contributed by atoms with Crippen LogP contribution in [0.1, 0.15) is 28.4 Å². The molecule has 1 heterocycles. The fourth-order valence-corrected chi connectivity index (χ4v) is 4.95. The number of thioether (sulfide) groups is 1. The molecule has 1 amide bonds. The van der Waals surface area contributed by atoms with Gasteiger partial charge in [-0.2, -0.15) is 0 Å². The second kappa shape index (κ2) is 11.4. The number of carbonyl (C=O) groups is 2. The van der Waals surface area contributed by atoms with Gasteiger partial charge in [-0.1, -0.05) is 46.9 Å². The third kappa shape index (κ3) is 6.05. The molecule has 10 heteroatoms. The van der Waals surface area contributed by atoms with Crippen LogP contribution in [0.4, 0.5) is 5.69 Å². The van der Waals surface area contributed by atoms with Gasteiger partial charge in [0, 0.05) is 6.54 Å². The first-order valence-corrected chi connectivity index (χ1v) is 12.7. The summed E-state index contributed by atoms with van der Waals surface area (Å²) in [5.74, 6) is -0.679. The van der Waals surface area contributed by atoms with Crippen molar-refractivity contribution in [2.24, 2.45) is 4.99 Å². The third-order valence-electron chi connectivity index (χ3n) is 5.18. The zero-order valence-corrected chi connectivity index (χ0v) is 22.0. The van der Waals surface area contributed by atoms with Crippen LogP contribution in [-0.2, 0) is 11.4 Å². The molecular weight excluding hydrogens is 543 g/mol. The number of aromatic carboxylic acids is 1. The molecule has 0 aromatic heterocycles. The zero-order valence-electron chi connectivity index (χ0n) is 18.9. The summed E-state index contributed by atoms with van der Waals surface area (Å²) < 4.78 is 5.81. The highest BCUT2D eigenvalue weighted by Crippen LogP contribution is 2.35. The van der Waals surface area contributed by atoms with Crippen molar-refractivity contribution in [2.75, 3.05) is 6.54 Å². The lowest BCUT2D eigenvalue weighted by atomic mass is 10.2. The summed E-state index contributed by atoms with van der Waals surface area (Å²) in [7, 11) is 0. The number of hydrogen-bond donors (Lipinski definition) is 1. The Labute approximate surface area is 227 Å². The number of nitrogens with zero attached hydrogens (tertiary/aromatic N) is 2. The standard InChI is InChI=1S/C26H19Cl3N2O4S/c1-2-31-24(32)23(36-26(31)30-18-7-5-17(6-8-18)25(33)34)13-15-4-10-22(21(29)11-15)35-14-16-3-9-19(27)20(28)12-16/h3-13H,2,14H2,1H3,(H,33,34)/b23-13-,30-26?. The molecule has 3 aromatic rings. The van der Waals surface area contributed by atoms with Crippen LogP contribution in [0.2, 0.25) is 15.1 Å². The van der Waals surface area contributed by atoms with Gasteiger partial charge in [-0.25, -0.2) is 9.79 Å². The van der Waals surface area contributed by atoms with Crippen LogP contribution in [-0.4, -0.2) is 33.6 Å². The van der Waals surface area contributed by atoms with Crippen LogP contribution in [0, 0.1) is 0 Å². The maximum absolute atomic E-state index is 12.9. The van der Waals surface area contributed by atoms with Crippen molar-refractivity contribution in [1.82, 2.24) is 4.90 Å². The smallest absolute Gasteiger partial charge is 0.335 e. The number of likely N-dealkylation sites (N-methyl/N-ethyl adjacent to an activating group) is 1. The van der Waals surface area contributed by atoms with E-state index in [1.807, 2.05) is 19.1 Å². The maximum Gasteiger partial charge on any atom is 0.335 e. The van der Waals surface area contributed by atoms with Crippen molar-refractivity contribution in [2.45, 2.75) is 13.5 Å². The third-order valence-corrected chi connectivity index (χ3v) is 7.22. The lowest BCUT2D eigenvalue weighted by molar-refractivity contribution is -0.122. The van der Waals surface area contributed by atoms with E-state index in [0.29, 0.717) is 43.1 Å². The molecule has 4 rings (SSSR count). The first kappa shape index (κ1) is 26.1. The highest BCUT2D eigenvalue weighted by Gasteiger charge is 2.32. The highest BCUT2D eigenvalue weighted by atomic mass is 35.5. The van der Waals surface area contributed by atoms with E-state index in [1.54, 1.807) is 47.4 Å². The summed E-state index contributed by atoms with van der Waals surface area (Å²) in [4.78, 5) is 30.6. The minimum atomic E-state index is -1.01. The van der Waals surface area contributed by atoms with Crippen LogP contribution in [0.5, 0.6) is 5.75 Å². The van der Waals surface area contributed by atoms with Crippen molar-refractivity contribution < 1.29 is 19.4 Å². The molecule has 0 atom stereocenters. The fourth-order valence-electron chi connectivity index (χ4n) is 3.33. The first-order chi connectivity index (χ1) is 17.2. The number of benzene rings is 3. The van der Waals surface area contributed by atoms with Gasteiger partial charge in [0.2, 0.25) is 0 Å². The van der Waals surface area contributed by atoms with Gasteiger partial charge in [0.1, 0.15) is 12.4 Å². The van der Waals surface area contributed by atoms with E-state index < -0.39 is 5.97 Å². The lowest BCUT2D eigenvalue weighted by Gasteiger charge is -2.12. The zero-order chi connectivity index (χ0) is 25.8. The predicted octanol–water partition coefficient (Wildman–Crippen LogP) is 7.55. The molecule has 1 saturated heterocycles. The van der Waals surface area contributed by atoms with E-state index >= 15 is 0 Å². The summed E-state index contributed by atoms with van der Waals surface area (Å²) in [6.45, 7) is 2.57. The average Bonchev–Trinajstić information content (AvgIpc) is 3.14. The molecule has 184 valence electrons. The SMILES string of the molecule is CCN1C(=O)/C(=C/c2ccc(OCc3ccc(Cl)c(Cl)c3)c(Cl)c2)SC1=Nc1ccc(C(=O)O)cc1. The Morgan fingerprint density at radius 3 is 2.42 bits per heavy atom. The van der Waals surface area contributed by atoms with Crippen LogP contribution >= 0.6 is 46.6 Å². The number of halogens is 3. The van der Waals surface area contributed by atoms with Gasteiger partial charge in [0.15, 0.2) is 5.17 Å². The van der Waals surface area contributed by atoms with Gasteiger partial charge in [-0.05, 0) is 84.4 Å². The molecule has 6 nitrogen and oxygen atoms in total. The maximum atomic E-state index is 12.9. The number of aliphatic imine (C=N–C) groups is 1. The van der Waals surface area contributed by atoms with E-state index in [0.717, 1.165) is 11.1 Å². The summed E-state index contributed by atoms with van der Waals surface area (Å²) >= 11 is 19.7. The number of rotatable bonds is 7. The lowest BCUT2D eigenvalue weighted by Crippen LogP contribution is -2.28. The Morgan fingerprint density at radius 2 is 1.78 bits per heavy atom. The predicted molar refractivity (Wildman–Crippen MR) is 146 cm³/mol. The van der Waals surface area contributed by atoms with Crippen molar-refractivity contribution in [3.05, 3.63) is 97.3 Å². The Kier molecular flexibility index (Phi) is 8.26. The van der Waals surface area contributed by atoms with Crippen LogP contribution in [0.3, 0.4) is 0 Å². The Bertz CT molecular complexity index is 1390. The second-order valence-corrected chi connectivity index (χ2v) is 9.86. The van der Waals surface area contributed by atoms with Gasteiger partial charge in [-0.3, -0.25) is 9.69 Å². The Hall–Kier alpha value is -2.97. The molecule has 0 unspecified atom stereocenters. The van der Waals surface area contributed by atoms with E-state index in [2.05, 4.69) is 4.99 Å². The van der Waals surface area contributed by atoms with Crippen LogP contribution < -0.4 is 4.74 Å². The van der Waals surface area contributed by atoms with Crippen molar-refractivity contribution in [3.8, 4) is 5.75 Å². The van der Waals surface area contributed by atoms with Gasteiger partial charge in [0.25, 0.3) is 5.91 Å². The molecule has 3 aromatic carbocycles. The van der Waals surface area contributed by atoms with Gasteiger partial charge < -0.3 is 9.84 Å². The largest absolute Gasteiger partial charge is 0.487 e. The highest BCUT2D eigenvalue weighted by molar-refractivity contribution is 8.18. The molecule has 36 heavy (non-hydrogen) atoms. The number of carbonyl (C=O) groups excluding carboxylic acids is 1. The van der Waals surface area contributed by atoms with Gasteiger partial charge >= 0.3 is 5.97 Å². The van der Waals surface area contributed by atoms with E-state index in [4.69, 9.17) is 44.6 Å². The van der Waals surface area contributed by atoms with Crippen LogP contribution in [0.15, 0.2) is 70.6 Å². The Balaban J connectivity index is 1.50. The number of carboxylic acid groups (broad SMARTS) is 1. The minimum absolute atomic E-state index is 0.167. The van der Waals surface area contributed by atoms with Crippen molar-refractivity contribution >= 4 is 75.4 Å². The molecule has 1 aliphatic rings. The number of amides is 1. The molecule has 0 spiro atoms. The quantitative estimate of drug-likeness (QED) is 0.301. The molecule has 1 fully saturated rings. The summed E-state index contributed by atoms with van der Waals surface area (Å²) in [5.41, 5.74) is 2.31. The minimum Gasteiger partial charge on any atom is -0.487 e. The van der Waals surface area contributed by atoms with E-state index in [9.17, 15) is 9.59 Å². The summed E-state index contributed by atoms with van der Waals surface area (Å²) in [6, 6.07) is 16.7. The normalized spacial score (nSPS) is 15.7. The summed E-state index contributed by atoms with van der Waals surface area (Å²) in [6.07, 6.45) is 1.75. The van der Waals surface area contributed by atoms with Gasteiger partial charge in [0.05, 0.1) is 31.2 Å². The molecular formula is C26H19Cl3N2O4S. The molecule has 0 aliphatic carbocycles. The van der Waals surface area contributed by atoms with Crippen LogP contribution in [0.25, 0.3) is 6.08 Å². The second-order valence-electron chi connectivity index (χ2n) is 7.63. The number of ether oxygens (including phenoxy) is 1. The van der Waals surface area contributed by atoms with E-state index in [1.165, 1.54) is 23.9 Å². The van der Waals surface area contributed by atoms with Crippen molar-refractivity contribution in [1.29, 1.82) is 0 Å². The first-order valence-electron chi connectivity index (χ1n) is 10.7. The number of carboxylic acids is 1. The van der Waals surface area contributed by atoms with E-state index in [-0.39, 0.29) is 18.1 Å². The molecule has 0 bridgehead atoms. The average molecular weight is 562 g/mol. The molecule has 0 saturated carbocycles. The fraction of sp³-hybridized carbons (Fsp3) is 0.115.